The Bertz CT molecular complexity index is 556. The molecule has 92 valence electrons. The minimum Gasteiger partial charge on any atom is -0.494 e. The molecular weight excluding hydrogens is 220 g/mol. The number of nitrogens with zero attached hydrogens (tertiary/aromatic N) is 1. The fourth-order valence-corrected chi connectivity index (χ4v) is 1.93. The number of aromatic nitrogens is 2. The van der Waals surface area contributed by atoms with E-state index in [0.717, 1.165) is 17.5 Å². The SMILES string of the molecule is COCCCn1c(=O)[nH]c2cccc(OC)c21. The number of para-hydroxylation sites is 1. The molecule has 0 aliphatic carbocycles. The zero-order valence-electron chi connectivity index (χ0n) is 10.0. The molecule has 0 spiro atoms. The number of fused-ring (bicyclic) bond motifs is 1. The molecule has 2 aromatic rings. The van der Waals surface area contributed by atoms with E-state index in [9.17, 15) is 4.79 Å². The number of methoxy groups -OCH3 is 2. The Morgan fingerprint density at radius 2 is 2.18 bits per heavy atom. The molecule has 0 bridgehead atoms. The lowest BCUT2D eigenvalue weighted by Crippen LogP contribution is -2.17. The second-order valence-corrected chi connectivity index (χ2v) is 3.78. The molecule has 0 saturated carbocycles. The number of aromatic amines is 1. The Morgan fingerprint density at radius 1 is 1.35 bits per heavy atom. The number of hydrogen-bond donors (Lipinski definition) is 1. The Balaban J connectivity index is 2.45. The summed E-state index contributed by atoms with van der Waals surface area (Å²) in [5.74, 6) is 0.707. The molecule has 2 rings (SSSR count). The number of H-pyrrole nitrogens is 1. The first-order chi connectivity index (χ1) is 8.27. The average Bonchev–Trinajstić information content (AvgIpc) is 2.66. The molecule has 1 N–H and O–H groups in total. The van der Waals surface area contributed by atoms with E-state index in [1.54, 1.807) is 18.8 Å². The maximum atomic E-state index is 11.8. The maximum absolute atomic E-state index is 11.8. The molecule has 0 fully saturated rings. The van der Waals surface area contributed by atoms with Crippen molar-refractivity contribution in [3.05, 3.63) is 28.7 Å². The van der Waals surface area contributed by atoms with Crippen molar-refractivity contribution in [1.29, 1.82) is 0 Å². The lowest BCUT2D eigenvalue weighted by molar-refractivity contribution is 0.190. The number of rotatable bonds is 5. The van der Waals surface area contributed by atoms with E-state index in [0.29, 0.717) is 18.9 Å². The zero-order valence-corrected chi connectivity index (χ0v) is 10.0. The fourth-order valence-electron chi connectivity index (χ4n) is 1.93. The molecule has 5 heteroatoms. The summed E-state index contributed by atoms with van der Waals surface area (Å²) in [6, 6.07) is 5.57. The molecular formula is C12H16N2O3. The van der Waals surface area contributed by atoms with Gasteiger partial charge in [0.1, 0.15) is 11.3 Å². The van der Waals surface area contributed by atoms with Crippen LogP contribution in [0.1, 0.15) is 6.42 Å². The molecule has 0 radical (unpaired) electrons. The van der Waals surface area contributed by atoms with Gasteiger partial charge in [0.05, 0.1) is 12.6 Å². The van der Waals surface area contributed by atoms with Gasteiger partial charge >= 0.3 is 5.69 Å². The monoisotopic (exact) mass is 236 g/mol. The molecule has 1 aromatic heterocycles. The van der Waals surface area contributed by atoms with Crippen LogP contribution in [-0.4, -0.2) is 30.4 Å². The first-order valence-electron chi connectivity index (χ1n) is 5.52. The van der Waals surface area contributed by atoms with Crippen molar-refractivity contribution in [2.75, 3.05) is 20.8 Å². The molecule has 1 heterocycles. The summed E-state index contributed by atoms with van der Waals surface area (Å²) in [4.78, 5) is 14.6. The minimum absolute atomic E-state index is 0.111. The quantitative estimate of drug-likeness (QED) is 0.798. The molecule has 0 atom stereocenters. The van der Waals surface area contributed by atoms with Crippen LogP contribution in [0.3, 0.4) is 0 Å². The highest BCUT2D eigenvalue weighted by Gasteiger charge is 2.10. The Hall–Kier alpha value is -1.75. The van der Waals surface area contributed by atoms with Crippen molar-refractivity contribution >= 4 is 11.0 Å². The Kier molecular flexibility index (Phi) is 3.49. The average molecular weight is 236 g/mol. The summed E-state index contributed by atoms with van der Waals surface area (Å²) in [6.45, 7) is 1.25. The highest BCUT2D eigenvalue weighted by atomic mass is 16.5. The Morgan fingerprint density at radius 3 is 2.88 bits per heavy atom. The predicted octanol–water partition coefficient (Wildman–Crippen LogP) is 1.37. The third kappa shape index (κ3) is 2.19. The second kappa shape index (κ2) is 5.05. The summed E-state index contributed by atoms with van der Waals surface area (Å²) >= 11 is 0. The summed E-state index contributed by atoms with van der Waals surface area (Å²) in [5.41, 5.74) is 1.50. The van der Waals surface area contributed by atoms with Crippen molar-refractivity contribution < 1.29 is 9.47 Å². The van der Waals surface area contributed by atoms with Crippen LogP contribution in [0.5, 0.6) is 5.75 Å². The normalized spacial score (nSPS) is 10.9. The van der Waals surface area contributed by atoms with Crippen molar-refractivity contribution in [2.24, 2.45) is 0 Å². The summed E-state index contributed by atoms with van der Waals surface area (Å²) in [6.07, 6.45) is 0.793. The maximum Gasteiger partial charge on any atom is 0.326 e. The van der Waals surface area contributed by atoms with Gasteiger partial charge in [-0.3, -0.25) is 4.57 Å². The molecule has 0 aliphatic rings. The number of aryl methyl sites for hydroxylation is 1. The number of benzene rings is 1. The number of hydrogen-bond acceptors (Lipinski definition) is 3. The Labute approximate surface area is 99.0 Å². The van der Waals surface area contributed by atoms with Crippen molar-refractivity contribution in [2.45, 2.75) is 13.0 Å². The number of imidazole rings is 1. The summed E-state index contributed by atoms with van der Waals surface area (Å²) in [5, 5.41) is 0. The first kappa shape index (κ1) is 11.7. The first-order valence-corrected chi connectivity index (χ1v) is 5.52. The fraction of sp³-hybridized carbons (Fsp3) is 0.417. The van der Waals surface area contributed by atoms with E-state index in [2.05, 4.69) is 4.98 Å². The van der Waals surface area contributed by atoms with Gasteiger partial charge in [0.25, 0.3) is 0 Å². The number of nitrogens with one attached hydrogen (secondary N) is 1. The van der Waals surface area contributed by atoms with Gasteiger partial charge in [-0.15, -0.1) is 0 Å². The van der Waals surface area contributed by atoms with E-state index < -0.39 is 0 Å². The number of ether oxygens (including phenoxy) is 2. The van der Waals surface area contributed by atoms with Gasteiger partial charge in [-0.2, -0.15) is 0 Å². The lowest BCUT2D eigenvalue weighted by Gasteiger charge is -2.06. The van der Waals surface area contributed by atoms with Crippen LogP contribution in [0.25, 0.3) is 11.0 Å². The van der Waals surface area contributed by atoms with Crippen LogP contribution >= 0.6 is 0 Å². The molecule has 1 aromatic carbocycles. The topological polar surface area (TPSA) is 56.2 Å². The van der Waals surface area contributed by atoms with Gasteiger partial charge in [-0.25, -0.2) is 4.79 Å². The third-order valence-electron chi connectivity index (χ3n) is 2.71. The zero-order chi connectivity index (χ0) is 12.3. The van der Waals surface area contributed by atoms with E-state index in [1.165, 1.54) is 0 Å². The summed E-state index contributed by atoms with van der Waals surface area (Å²) < 4.78 is 12.0. The van der Waals surface area contributed by atoms with Gasteiger partial charge in [-0.05, 0) is 18.6 Å². The van der Waals surface area contributed by atoms with Crippen LogP contribution in [0.2, 0.25) is 0 Å². The van der Waals surface area contributed by atoms with Crippen LogP contribution in [0, 0.1) is 0 Å². The van der Waals surface area contributed by atoms with Crippen LogP contribution < -0.4 is 10.4 Å². The molecule has 17 heavy (non-hydrogen) atoms. The van der Waals surface area contributed by atoms with Gasteiger partial charge in [0.2, 0.25) is 0 Å². The van der Waals surface area contributed by atoms with Crippen molar-refractivity contribution in [3.63, 3.8) is 0 Å². The standard InChI is InChI=1S/C12H16N2O3/c1-16-8-4-7-14-11-9(13-12(14)15)5-3-6-10(11)17-2/h3,5-6H,4,7-8H2,1-2H3,(H,13,15). The molecule has 5 nitrogen and oxygen atoms in total. The minimum atomic E-state index is -0.111. The molecule has 0 unspecified atom stereocenters. The smallest absolute Gasteiger partial charge is 0.326 e. The van der Waals surface area contributed by atoms with Gasteiger partial charge in [0.15, 0.2) is 0 Å². The second-order valence-electron chi connectivity index (χ2n) is 3.78. The highest BCUT2D eigenvalue weighted by Crippen LogP contribution is 2.22. The van der Waals surface area contributed by atoms with Crippen molar-refractivity contribution in [1.82, 2.24) is 9.55 Å². The molecule has 0 amide bonds. The van der Waals surface area contributed by atoms with E-state index in [4.69, 9.17) is 9.47 Å². The predicted molar refractivity (Wildman–Crippen MR) is 65.6 cm³/mol. The van der Waals surface area contributed by atoms with Crippen molar-refractivity contribution in [3.8, 4) is 5.75 Å². The molecule has 0 aliphatic heterocycles. The highest BCUT2D eigenvalue weighted by molar-refractivity contribution is 5.81. The van der Waals surface area contributed by atoms with Crippen LogP contribution in [0.4, 0.5) is 0 Å². The van der Waals surface area contributed by atoms with Crippen LogP contribution in [0.15, 0.2) is 23.0 Å². The van der Waals surface area contributed by atoms with Gasteiger partial charge in [0, 0.05) is 20.3 Å². The van der Waals surface area contributed by atoms with E-state index in [1.807, 2.05) is 18.2 Å². The van der Waals surface area contributed by atoms with E-state index >= 15 is 0 Å². The van der Waals surface area contributed by atoms with Gasteiger partial charge < -0.3 is 14.5 Å². The molecule has 0 saturated heterocycles. The lowest BCUT2D eigenvalue weighted by atomic mass is 10.3. The van der Waals surface area contributed by atoms with E-state index in [-0.39, 0.29) is 5.69 Å². The van der Waals surface area contributed by atoms with Gasteiger partial charge in [-0.1, -0.05) is 6.07 Å². The van der Waals surface area contributed by atoms with Crippen LogP contribution in [-0.2, 0) is 11.3 Å². The summed E-state index contributed by atoms with van der Waals surface area (Å²) in [7, 11) is 3.25. The third-order valence-corrected chi connectivity index (χ3v) is 2.71. The largest absolute Gasteiger partial charge is 0.494 e.